The van der Waals surface area contributed by atoms with E-state index in [1.165, 1.54) is 11.1 Å². The predicted molar refractivity (Wildman–Crippen MR) is 121 cm³/mol. The molecule has 0 bridgehead atoms. The van der Waals surface area contributed by atoms with Crippen LogP contribution in [0.15, 0.2) is 29.3 Å². The first kappa shape index (κ1) is 22.2. The number of aryl methyl sites for hydroxylation is 1. The fourth-order valence-electron chi connectivity index (χ4n) is 4.02. The van der Waals surface area contributed by atoms with Crippen LogP contribution in [-0.2, 0) is 4.74 Å². The van der Waals surface area contributed by atoms with Gasteiger partial charge in [-0.1, -0.05) is 31.0 Å². The smallest absolute Gasteiger partial charge is 0.407 e. The first-order valence-corrected chi connectivity index (χ1v) is 10.8. The number of hydrogen-bond donors (Lipinski definition) is 4. The Morgan fingerprint density at radius 3 is 2.60 bits per heavy atom. The second-order valence-electron chi connectivity index (χ2n) is 9.22. The van der Waals surface area contributed by atoms with Crippen LogP contribution in [0.3, 0.4) is 0 Å². The molecule has 1 saturated carbocycles. The highest BCUT2D eigenvalue weighted by atomic mass is 16.6. The number of benzene rings is 1. The molecular formula is C23H35N5O2. The summed E-state index contributed by atoms with van der Waals surface area (Å²) in [6.45, 7) is 9.82. The Morgan fingerprint density at radius 2 is 1.90 bits per heavy atom. The molecule has 0 aromatic heterocycles. The van der Waals surface area contributed by atoms with Crippen molar-refractivity contribution in [3.8, 4) is 0 Å². The van der Waals surface area contributed by atoms with Crippen LogP contribution in [0.5, 0.6) is 0 Å². The van der Waals surface area contributed by atoms with Gasteiger partial charge in [0, 0.05) is 23.3 Å². The molecule has 164 valence electrons. The van der Waals surface area contributed by atoms with Crippen molar-refractivity contribution in [3.05, 3.63) is 41.0 Å². The highest BCUT2D eigenvalue weighted by Crippen LogP contribution is 2.24. The van der Waals surface area contributed by atoms with Gasteiger partial charge in [-0.25, -0.2) is 9.79 Å². The van der Waals surface area contributed by atoms with Gasteiger partial charge in [-0.05, 0) is 64.7 Å². The van der Waals surface area contributed by atoms with Crippen LogP contribution in [0.1, 0.15) is 63.1 Å². The van der Waals surface area contributed by atoms with Crippen molar-refractivity contribution in [1.29, 1.82) is 0 Å². The van der Waals surface area contributed by atoms with Gasteiger partial charge in [0.05, 0.1) is 0 Å². The summed E-state index contributed by atoms with van der Waals surface area (Å²) in [6, 6.07) is 6.33. The van der Waals surface area contributed by atoms with E-state index in [-0.39, 0.29) is 24.3 Å². The molecule has 7 heteroatoms. The van der Waals surface area contributed by atoms with Crippen LogP contribution in [0.2, 0.25) is 0 Å². The summed E-state index contributed by atoms with van der Waals surface area (Å²) >= 11 is 0. The fourth-order valence-corrected chi connectivity index (χ4v) is 4.02. The molecule has 1 fully saturated rings. The number of nitrogens with two attached hydrogens (primary N) is 1. The number of nitrogens with one attached hydrogen (secondary N) is 3. The van der Waals surface area contributed by atoms with E-state index < -0.39 is 5.60 Å². The maximum atomic E-state index is 12.3. The Kier molecular flexibility index (Phi) is 6.71. The monoisotopic (exact) mass is 413 g/mol. The van der Waals surface area contributed by atoms with Gasteiger partial charge in [0.25, 0.3) is 0 Å². The van der Waals surface area contributed by atoms with E-state index >= 15 is 0 Å². The summed E-state index contributed by atoms with van der Waals surface area (Å²) in [5.74, 6) is 0.387. The second-order valence-corrected chi connectivity index (χ2v) is 9.22. The number of carbonyl (C=O) groups is 1. The van der Waals surface area contributed by atoms with E-state index in [0.29, 0.717) is 5.96 Å². The summed E-state index contributed by atoms with van der Waals surface area (Å²) in [7, 11) is 0. The van der Waals surface area contributed by atoms with Crippen LogP contribution < -0.4 is 21.7 Å². The van der Waals surface area contributed by atoms with Crippen molar-refractivity contribution in [3.63, 3.8) is 0 Å². The number of guanidine groups is 1. The molecule has 2 aliphatic rings. The summed E-state index contributed by atoms with van der Waals surface area (Å²) in [5.41, 5.74) is 10.1. The zero-order chi connectivity index (χ0) is 21.9. The van der Waals surface area contributed by atoms with Crippen molar-refractivity contribution in [2.75, 3.05) is 0 Å². The van der Waals surface area contributed by atoms with Crippen molar-refractivity contribution in [1.82, 2.24) is 16.0 Å². The van der Waals surface area contributed by atoms with Crippen molar-refractivity contribution in [2.24, 2.45) is 10.7 Å². The predicted octanol–water partition coefficient (Wildman–Crippen LogP) is 3.31. The van der Waals surface area contributed by atoms with Crippen molar-refractivity contribution < 1.29 is 9.53 Å². The number of amides is 1. The zero-order valence-electron chi connectivity index (χ0n) is 18.7. The van der Waals surface area contributed by atoms with Gasteiger partial charge < -0.3 is 21.1 Å². The van der Waals surface area contributed by atoms with Gasteiger partial charge in [-0.15, -0.1) is 0 Å². The normalized spacial score (nSPS) is 24.4. The van der Waals surface area contributed by atoms with Crippen LogP contribution in [0.25, 0.3) is 5.70 Å². The van der Waals surface area contributed by atoms with E-state index in [0.717, 1.165) is 36.9 Å². The lowest BCUT2D eigenvalue weighted by molar-refractivity contribution is 0.0478. The standard InChI is InChI=1S/C23H35N5O2/c1-14-9-8-10-16(15(14)2)19-13-20(28-21(24)26-19)25-17-11-6-7-12-18(17)27-22(29)30-23(3,4)5/h8-10,13,17-18,20,25H,6-7,11-12H2,1-5H3,(H,27,29)(H3,24,26,28). The molecule has 1 aromatic rings. The third-order valence-electron chi connectivity index (χ3n) is 5.61. The molecule has 3 unspecified atom stereocenters. The second kappa shape index (κ2) is 9.08. The zero-order valence-corrected chi connectivity index (χ0v) is 18.7. The number of aliphatic imine (C=N–C) groups is 1. The molecule has 1 aromatic carbocycles. The Hall–Kier alpha value is -2.54. The minimum atomic E-state index is -0.515. The highest BCUT2D eigenvalue weighted by Gasteiger charge is 2.30. The fraction of sp³-hybridized carbons (Fsp3) is 0.565. The molecule has 1 aliphatic carbocycles. The van der Waals surface area contributed by atoms with E-state index in [9.17, 15) is 4.79 Å². The van der Waals surface area contributed by atoms with Crippen molar-refractivity contribution in [2.45, 2.75) is 84.2 Å². The van der Waals surface area contributed by atoms with E-state index in [2.05, 4.69) is 53.0 Å². The lowest BCUT2D eigenvalue weighted by Gasteiger charge is -2.35. The van der Waals surface area contributed by atoms with Crippen LogP contribution in [-0.4, -0.2) is 35.9 Å². The van der Waals surface area contributed by atoms with Gasteiger partial charge >= 0.3 is 6.09 Å². The lowest BCUT2D eigenvalue weighted by atomic mass is 9.90. The first-order chi connectivity index (χ1) is 14.1. The van der Waals surface area contributed by atoms with E-state index in [1.54, 1.807) is 0 Å². The topological polar surface area (TPSA) is 101 Å². The van der Waals surface area contributed by atoms with Gasteiger partial charge in [-0.3, -0.25) is 5.32 Å². The minimum absolute atomic E-state index is 0.00235. The quantitative estimate of drug-likeness (QED) is 0.607. The minimum Gasteiger partial charge on any atom is -0.444 e. The molecule has 30 heavy (non-hydrogen) atoms. The Labute approximate surface area is 179 Å². The number of rotatable bonds is 4. The molecule has 5 N–H and O–H groups in total. The molecule has 0 radical (unpaired) electrons. The van der Waals surface area contributed by atoms with Crippen molar-refractivity contribution >= 4 is 17.7 Å². The first-order valence-electron chi connectivity index (χ1n) is 10.8. The highest BCUT2D eigenvalue weighted by molar-refractivity contribution is 5.90. The molecule has 1 heterocycles. The Bertz CT molecular complexity index is 840. The van der Waals surface area contributed by atoms with Gasteiger partial charge in [0.2, 0.25) is 0 Å². The maximum Gasteiger partial charge on any atom is 0.407 e. The number of hydrogen-bond acceptors (Lipinski definition) is 6. The van der Waals surface area contributed by atoms with Gasteiger partial charge in [0.1, 0.15) is 11.8 Å². The van der Waals surface area contributed by atoms with Gasteiger partial charge in [-0.2, -0.15) is 0 Å². The number of ether oxygens (including phenoxy) is 1. The van der Waals surface area contributed by atoms with E-state index in [4.69, 9.17) is 10.5 Å². The third kappa shape index (κ3) is 5.75. The molecule has 3 rings (SSSR count). The van der Waals surface area contributed by atoms with Gasteiger partial charge in [0.15, 0.2) is 5.96 Å². The molecule has 0 spiro atoms. The third-order valence-corrected chi connectivity index (χ3v) is 5.61. The average Bonchev–Trinajstić information content (AvgIpc) is 2.63. The Morgan fingerprint density at radius 1 is 1.20 bits per heavy atom. The molecule has 7 nitrogen and oxygen atoms in total. The Balaban J connectivity index is 1.73. The molecular weight excluding hydrogens is 378 g/mol. The van der Waals surface area contributed by atoms with Crippen LogP contribution in [0.4, 0.5) is 4.79 Å². The van der Waals surface area contributed by atoms with E-state index in [1.807, 2.05) is 26.8 Å². The summed E-state index contributed by atoms with van der Waals surface area (Å²) in [4.78, 5) is 16.8. The average molecular weight is 414 g/mol. The number of carbonyl (C=O) groups excluding carboxylic acids is 1. The SMILES string of the molecule is Cc1cccc(C2=CC(NC3CCCCC3NC(=O)OC(C)(C)C)N=C(N)N2)c1C. The molecule has 1 aliphatic heterocycles. The number of nitrogens with zero attached hydrogens (tertiary/aromatic N) is 1. The van der Waals surface area contributed by atoms with Crippen LogP contribution in [0, 0.1) is 13.8 Å². The maximum absolute atomic E-state index is 12.3. The summed E-state index contributed by atoms with van der Waals surface area (Å²) < 4.78 is 5.45. The lowest BCUT2D eigenvalue weighted by Crippen LogP contribution is -2.55. The molecule has 0 saturated heterocycles. The summed E-state index contributed by atoms with van der Waals surface area (Å²) in [6.07, 6.45) is 5.51. The largest absolute Gasteiger partial charge is 0.444 e. The summed E-state index contributed by atoms with van der Waals surface area (Å²) in [5, 5.41) is 9.83. The molecule has 3 atom stereocenters. The molecule has 1 amide bonds. The van der Waals surface area contributed by atoms with Crippen LogP contribution >= 0.6 is 0 Å². The number of alkyl carbamates (subject to hydrolysis) is 1.